The molecule has 0 radical (unpaired) electrons. The second kappa shape index (κ2) is 4.13. The van der Waals surface area contributed by atoms with Crippen molar-refractivity contribution >= 4 is 5.91 Å². The second-order valence-electron chi connectivity index (χ2n) is 4.24. The van der Waals surface area contributed by atoms with Crippen LogP contribution in [0.25, 0.3) is 0 Å². The van der Waals surface area contributed by atoms with Gasteiger partial charge in [-0.05, 0) is 37.2 Å². The average Bonchev–Trinajstić information content (AvgIpc) is 2.60. The molecule has 0 aromatic rings. The molecule has 78 valence electrons. The van der Waals surface area contributed by atoms with Gasteiger partial charge in [0.15, 0.2) is 0 Å². The zero-order valence-corrected chi connectivity index (χ0v) is 8.37. The van der Waals surface area contributed by atoms with Crippen LogP contribution in [0.5, 0.6) is 0 Å². The highest BCUT2D eigenvalue weighted by Gasteiger charge is 2.36. The molecular weight excluding hydrogens is 178 g/mol. The SMILES string of the molecule is C=CC(=O)NCC1CCC2CC1CO2. The van der Waals surface area contributed by atoms with Crippen LogP contribution in [0.3, 0.4) is 0 Å². The standard InChI is InChI=1S/C11H17NO2/c1-2-11(13)12-6-8-3-4-10-5-9(8)7-14-10/h2,8-10H,1,3-7H2,(H,12,13). The van der Waals surface area contributed by atoms with E-state index >= 15 is 0 Å². The number of nitrogens with one attached hydrogen (secondary N) is 1. The van der Waals surface area contributed by atoms with Crippen LogP contribution in [0.1, 0.15) is 19.3 Å². The number of hydrogen-bond acceptors (Lipinski definition) is 2. The van der Waals surface area contributed by atoms with Crippen molar-refractivity contribution in [3.05, 3.63) is 12.7 Å². The second-order valence-corrected chi connectivity index (χ2v) is 4.24. The van der Waals surface area contributed by atoms with Crippen LogP contribution in [-0.4, -0.2) is 25.2 Å². The molecule has 0 aromatic heterocycles. The molecule has 0 spiro atoms. The lowest BCUT2D eigenvalue weighted by Gasteiger charge is -2.26. The molecule has 0 aromatic carbocycles. The van der Waals surface area contributed by atoms with Crippen molar-refractivity contribution < 1.29 is 9.53 Å². The van der Waals surface area contributed by atoms with Crippen molar-refractivity contribution in [3.63, 3.8) is 0 Å². The Labute approximate surface area is 84.5 Å². The van der Waals surface area contributed by atoms with Crippen molar-refractivity contribution in [2.45, 2.75) is 25.4 Å². The topological polar surface area (TPSA) is 38.3 Å². The Kier molecular flexibility index (Phi) is 2.87. The summed E-state index contributed by atoms with van der Waals surface area (Å²) in [5, 5.41) is 2.87. The van der Waals surface area contributed by atoms with Crippen LogP contribution >= 0.6 is 0 Å². The Balaban J connectivity index is 1.80. The molecule has 1 aliphatic carbocycles. The number of carbonyl (C=O) groups excluding carboxylic acids is 1. The first-order chi connectivity index (χ1) is 6.79. The van der Waals surface area contributed by atoms with Crippen molar-refractivity contribution in [2.24, 2.45) is 11.8 Å². The predicted octanol–water partition coefficient (Wildman–Crippen LogP) is 1.10. The summed E-state index contributed by atoms with van der Waals surface area (Å²) in [6.45, 7) is 5.11. The molecule has 1 saturated carbocycles. The maximum absolute atomic E-state index is 11.0. The fraction of sp³-hybridized carbons (Fsp3) is 0.727. The molecule has 1 saturated heterocycles. The molecule has 3 nitrogen and oxygen atoms in total. The first-order valence-corrected chi connectivity index (χ1v) is 5.31. The van der Waals surface area contributed by atoms with Gasteiger partial charge in [-0.3, -0.25) is 4.79 Å². The molecule has 1 N–H and O–H groups in total. The average molecular weight is 195 g/mol. The van der Waals surface area contributed by atoms with Gasteiger partial charge in [0.2, 0.25) is 5.91 Å². The maximum Gasteiger partial charge on any atom is 0.243 e. The summed E-state index contributed by atoms with van der Waals surface area (Å²) in [5.74, 6) is 1.21. The monoisotopic (exact) mass is 195 g/mol. The molecule has 1 heterocycles. The molecular formula is C11H17NO2. The fourth-order valence-corrected chi connectivity index (χ4v) is 2.47. The van der Waals surface area contributed by atoms with Gasteiger partial charge in [0, 0.05) is 6.54 Å². The molecule has 14 heavy (non-hydrogen) atoms. The Morgan fingerprint density at radius 3 is 3.21 bits per heavy atom. The van der Waals surface area contributed by atoms with Crippen molar-refractivity contribution in [3.8, 4) is 0 Å². The third-order valence-electron chi connectivity index (χ3n) is 3.36. The highest BCUT2D eigenvalue weighted by atomic mass is 16.5. The Hall–Kier alpha value is -0.830. The van der Waals surface area contributed by atoms with E-state index in [0.29, 0.717) is 17.9 Å². The number of ether oxygens (including phenoxy) is 1. The van der Waals surface area contributed by atoms with Crippen molar-refractivity contribution in [1.29, 1.82) is 0 Å². The molecule has 1 aliphatic heterocycles. The van der Waals surface area contributed by atoms with E-state index < -0.39 is 0 Å². The zero-order chi connectivity index (χ0) is 9.97. The van der Waals surface area contributed by atoms with Crippen LogP contribution < -0.4 is 5.32 Å². The number of rotatable bonds is 3. The smallest absolute Gasteiger partial charge is 0.243 e. The van der Waals surface area contributed by atoms with Gasteiger partial charge in [-0.25, -0.2) is 0 Å². The summed E-state index contributed by atoms with van der Waals surface area (Å²) in [6, 6.07) is 0. The van der Waals surface area contributed by atoms with Crippen molar-refractivity contribution in [2.75, 3.05) is 13.2 Å². The van der Waals surface area contributed by atoms with Gasteiger partial charge < -0.3 is 10.1 Å². The van der Waals surface area contributed by atoms with Crippen LogP contribution in [0.4, 0.5) is 0 Å². The molecule has 2 rings (SSSR count). The Bertz CT molecular complexity index is 239. The van der Waals surface area contributed by atoms with E-state index in [4.69, 9.17) is 4.74 Å². The summed E-state index contributed by atoms with van der Waals surface area (Å²) in [4.78, 5) is 11.0. The fourth-order valence-electron chi connectivity index (χ4n) is 2.47. The van der Waals surface area contributed by atoms with Gasteiger partial charge in [0.05, 0.1) is 12.7 Å². The normalized spacial score (nSPS) is 35.3. The van der Waals surface area contributed by atoms with Gasteiger partial charge in [-0.15, -0.1) is 0 Å². The predicted molar refractivity (Wildman–Crippen MR) is 53.8 cm³/mol. The minimum atomic E-state index is -0.0639. The molecule has 2 aliphatic rings. The lowest BCUT2D eigenvalue weighted by Crippen LogP contribution is -2.33. The van der Waals surface area contributed by atoms with E-state index in [9.17, 15) is 4.79 Å². The summed E-state index contributed by atoms with van der Waals surface area (Å²) in [6.07, 6.45) is 5.37. The number of amides is 1. The first kappa shape index (κ1) is 9.71. The van der Waals surface area contributed by atoms with Gasteiger partial charge in [-0.2, -0.15) is 0 Å². The van der Waals surface area contributed by atoms with E-state index in [1.54, 1.807) is 0 Å². The zero-order valence-electron chi connectivity index (χ0n) is 8.37. The van der Waals surface area contributed by atoms with Crippen LogP contribution in [0.15, 0.2) is 12.7 Å². The van der Waals surface area contributed by atoms with E-state index in [1.807, 2.05) is 0 Å². The third kappa shape index (κ3) is 1.98. The summed E-state index contributed by atoms with van der Waals surface area (Å²) in [7, 11) is 0. The number of fused-ring (bicyclic) bond motifs is 2. The lowest BCUT2D eigenvalue weighted by molar-refractivity contribution is -0.116. The Morgan fingerprint density at radius 2 is 2.43 bits per heavy atom. The minimum absolute atomic E-state index is 0.0639. The summed E-state index contributed by atoms with van der Waals surface area (Å²) in [5.41, 5.74) is 0. The largest absolute Gasteiger partial charge is 0.378 e. The number of hydrogen-bond donors (Lipinski definition) is 1. The highest BCUT2D eigenvalue weighted by Crippen LogP contribution is 2.37. The van der Waals surface area contributed by atoms with Crippen molar-refractivity contribution in [1.82, 2.24) is 5.32 Å². The number of carbonyl (C=O) groups is 1. The van der Waals surface area contributed by atoms with Gasteiger partial charge >= 0.3 is 0 Å². The molecule has 3 heteroatoms. The minimum Gasteiger partial charge on any atom is -0.378 e. The quantitative estimate of drug-likeness (QED) is 0.685. The molecule has 3 atom stereocenters. The highest BCUT2D eigenvalue weighted by molar-refractivity contribution is 5.86. The van der Waals surface area contributed by atoms with E-state index in [-0.39, 0.29) is 5.91 Å². The molecule has 1 amide bonds. The van der Waals surface area contributed by atoms with E-state index in [1.165, 1.54) is 18.9 Å². The summed E-state index contributed by atoms with van der Waals surface area (Å²) >= 11 is 0. The molecule has 2 fully saturated rings. The van der Waals surface area contributed by atoms with Gasteiger partial charge in [0.25, 0.3) is 0 Å². The van der Waals surface area contributed by atoms with E-state index in [2.05, 4.69) is 11.9 Å². The molecule has 2 bridgehead atoms. The molecule has 3 unspecified atom stereocenters. The summed E-state index contributed by atoms with van der Waals surface area (Å²) < 4.78 is 5.61. The first-order valence-electron chi connectivity index (χ1n) is 5.31. The lowest BCUT2D eigenvalue weighted by atomic mass is 9.80. The van der Waals surface area contributed by atoms with Gasteiger partial charge in [0.1, 0.15) is 0 Å². The van der Waals surface area contributed by atoms with Crippen LogP contribution in [0, 0.1) is 11.8 Å². The van der Waals surface area contributed by atoms with E-state index in [0.717, 1.165) is 19.6 Å². The van der Waals surface area contributed by atoms with Crippen LogP contribution in [0.2, 0.25) is 0 Å². The third-order valence-corrected chi connectivity index (χ3v) is 3.36. The van der Waals surface area contributed by atoms with Gasteiger partial charge in [-0.1, -0.05) is 6.58 Å². The van der Waals surface area contributed by atoms with Crippen LogP contribution in [-0.2, 0) is 9.53 Å². The Morgan fingerprint density at radius 1 is 1.57 bits per heavy atom. The maximum atomic E-state index is 11.0.